The highest BCUT2D eigenvalue weighted by Crippen LogP contribution is 2.13. The number of carbonyl (C=O) groups excluding carboxylic acids is 2. The minimum absolute atomic E-state index is 0.0220. The molecule has 0 unspecified atom stereocenters. The van der Waals surface area contributed by atoms with Gasteiger partial charge in [-0.05, 0) is 37.8 Å². The SMILES string of the molecule is Cc1cc(NC(=O)CN(CCC(C)C)C(=O)c2ccccc2C)no1. The van der Waals surface area contributed by atoms with Gasteiger partial charge in [0.1, 0.15) is 12.3 Å². The molecule has 134 valence electrons. The van der Waals surface area contributed by atoms with Gasteiger partial charge in [-0.15, -0.1) is 0 Å². The van der Waals surface area contributed by atoms with Crippen LogP contribution in [0.15, 0.2) is 34.9 Å². The second-order valence-electron chi connectivity index (χ2n) is 6.60. The van der Waals surface area contributed by atoms with Crippen molar-refractivity contribution in [3.8, 4) is 0 Å². The summed E-state index contributed by atoms with van der Waals surface area (Å²) in [5, 5.41) is 6.41. The Hall–Kier alpha value is -2.63. The molecule has 1 N–H and O–H groups in total. The van der Waals surface area contributed by atoms with E-state index in [1.807, 2.05) is 25.1 Å². The molecular weight excluding hydrogens is 318 g/mol. The van der Waals surface area contributed by atoms with Crippen molar-refractivity contribution in [2.75, 3.05) is 18.4 Å². The lowest BCUT2D eigenvalue weighted by atomic mass is 10.1. The van der Waals surface area contributed by atoms with Crippen LogP contribution in [-0.2, 0) is 4.79 Å². The van der Waals surface area contributed by atoms with Gasteiger partial charge in [0.25, 0.3) is 5.91 Å². The molecule has 2 amide bonds. The van der Waals surface area contributed by atoms with Crippen molar-refractivity contribution in [2.24, 2.45) is 5.92 Å². The molecule has 1 aromatic heterocycles. The van der Waals surface area contributed by atoms with Crippen molar-refractivity contribution in [1.82, 2.24) is 10.1 Å². The summed E-state index contributed by atoms with van der Waals surface area (Å²) < 4.78 is 4.94. The topological polar surface area (TPSA) is 75.4 Å². The van der Waals surface area contributed by atoms with Crippen molar-refractivity contribution in [1.29, 1.82) is 0 Å². The van der Waals surface area contributed by atoms with Gasteiger partial charge in [-0.1, -0.05) is 37.2 Å². The largest absolute Gasteiger partial charge is 0.360 e. The van der Waals surface area contributed by atoms with E-state index in [9.17, 15) is 9.59 Å². The molecule has 0 saturated heterocycles. The molecule has 0 spiro atoms. The summed E-state index contributed by atoms with van der Waals surface area (Å²) in [6.45, 7) is 8.33. The number of amides is 2. The number of hydrogen-bond acceptors (Lipinski definition) is 4. The third-order valence-electron chi connectivity index (χ3n) is 3.87. The summed E-state index contributed by atoms with van der Waals surface area (Å²) in [6.07, 6.45) is 0.827. The standard InChI is InChI=1S/C19H25N3O3/c1-13(2)9-10-22(19(24)16-8-6-5-7-14(16)3)12-18(23)20-17-11-15(4)25-21-17/h5-8,11,13H,9-10,12H2,1-4H3,(H,20,21,23). The minimum Gasteiger partial charge on any atom is -0.360 e. The van der Waals surface area contributed by atoms with Gasteiger partial charge in [0.05, 0.1) is 0 Å². The van der Waals surface area contributed by atoms with Gasteiger partial charge in [-0.2, -0.15) is 0 Å². The van der Waals surface area contributed by atoms with Crippen LogP contribution in [0.3, 0.4) is 0 Å². The van der Waals surface area contributed by atoms with Crippen molar-refractivity contribution >= 4 is 17.6 Å². The van der Waals surface area contributed by atoms with Crippen LogP contribution in [0.5, 0.6) is 0 Å². The van der Waals surface area contributed by atoms with Gasteiger partial charge in [-0.25, -0.2) is 0 Å². The lowest BCUT2D eigenvalue weighted by Gasteiger charge is -2.23. The second kappa shape index (κ2) is 8.46. The highest BCUT2D eigenvalue weighted by atomic mass is 16.5. The van der Waals surface area contributed by atoms with Crippen LogP contribution in [0.2, 0.25) is 0 Å². The number of anilines is 1. The van der Waals surface area contributed by atoms with Crippen LogP contribution in [0.1, 0.15) is 41.9 Å². The smallest absolute Gasteiger partial charge is 0.254 e. The molecule has 2 aromatic rings. The van der Waals surface area contributed by atoms with Crippen LogP contribution in [0.25, 0.3) is 0 Å². The summed E-state index contributed by atoms with van der Waals surface area (Å²) in [5.74, 6) is 0.982. The van der Waals surface area contributed by atoms with Gasteiger partial charge >= 0.3 is 0 Å². The highest BCUT2D eigenvalue weighted by Gasteiger charge is 2.21. The van der Waals surface area contributed by atoms with E-state index >= 15 is 0 Å². The van der Waals surface area contributed by atoms with Crippen LogP contribution < -0.4 is 5.32 Å². The van der Waals surface area contributed by atoms with Crippen LogP contribution in [0.4, 0.5) is 5.82 Å². The molecule has 0 saturated carbocycles. The maximum absolute atomic E-state index is 12.9. The average molecular weight is 343 g/mol. The van der Waals surface area contributed by atoms with E-state index in [4.69, 9.17) is 4.52 Å². The Morgan fingerprint density at radius 2 is 1.96 bits per heavy atom. The quantitative estimate of drug-likeness (QED) is 0.836. The average Bonchev–Trinajstić information content (AvgIpc) is 2.96. The van der Waals surface area contributed by atoms with Gasteiger partial charge < -0.3 is 14.7 Å². The highest BCUT2D eigenvalue weighted by molar-refractivity contribution is 5.99. The maximum atomic E-state index is 12.9. The Labute approximate surface area is 148 Å². The number of nitrogens with zero attached hydrogens (tertiary/aromatic N) is 2. The van der Waals surface area contributed by atoms with Crippen molar-refractivity contribution in [2.45, 2.75) is 34.1 Å². The summed E-state index contributed by atoms with van der Waals surface area (Å²) >= 11 is 0. The lowest BCUT2D eigenvalue weighted by Crippen LogP contribution is -2.39. The molecule has 1 heterocycles. The minimum atomic E-state index is -0.293. The normalized spacial score (nSPS) is 10.8. The Bertz CT molecular complexity index is 737. The fourth-order valence-electron chi connectivity index (χ4n) is 2.43. The van der Waals surface area contributed by atoms with Gasteiger partial charge in [0, 0.05) is 18.2 Å². The zero-order valence-corrected chi connectivity index (χ0v) is 15.2. The van der Waals surface area contributed by atoms with E-state index in [1.54, 1.807) is 24.0 Å². The van der Waals surface area contributed by atoms with Crippen molar-refractivity contribution in [3.63, 3.8) is 0 Å². The molecule has 2 rings (SSSR count). The molecule has 6 heteroatoms. The van der Waals surface area contributed by atoms with E-state index in [-0.39, 0.29) is 18.4 Å². The first-order valence-corrected chi connectivity index (χ1v) is 8.45. The molecule has 25 heavy (non-hydrogen) atoms. The van der Waals surface area contributed by atoms with Crippen LogP contribution in [0, 0.1) is 19.8 Å². The molecule has 0 atom stereocenters. The number of rotatable bonds is 7. The summed E-state index contributed by atoms with van der Waals surface area (Å²) in [4.78, 5) is 26.8. The van der Waals surface area contributed by atoms with Gasteiger partial charge in [-0.3, -0.25) is 9.59 Å². The first kappa shape index (κ1) is 18.7. The van der Waals surface area contributed by atoms with Crippen molar-refractivity contribution < 1.29 is 14.1 Å². The molecule has 0 bridgehead atoms. The third kappa shape index (κ3) is 5.45. The zero-order valence-electron chi connectivity index (χ0n) is 15.2. The lowest BCUT2D eigenvalue weighted by molar-refractivity contribution is -0.117. The van der Waals surface area contributed by atoms with E-state index in [0.29, 0.717) is 29.6 Å². The summed E-state index contributed by atoms with van der Waals surface area (Å²) in [7, 11) is 0. The first-order valence-electron chi connectivity index (χ1n) is 8.45. The second-order valence-corrected chi connectivity index (χ2v) is 6.60. The van der Waals surface area contributed by atoms with Crippen molar-refractivity contribution in [3.05, 3.63) is 47.2 Å². The van der Waals surface area contributed by atoms with E-state index in [2.05, 4.69) is 24.3 Å². The van der Waals surface area contributed by atoms with E-state index < -0.39 is 0 Å². The molecule has 0 aliphatic heterocycles. The number of aromatic nitrogens is 1. The third-order valence-corrected chi connectivity index (χ3v) is 3.87. The number of hydrogen-bond donors (Lipinski definition) is 1. The molecule has 6 nitrogen and oxygen atoms in total. The Kier molecular flexibility index (Phi) is 6.33. The zero-order chi connectivity index (χ0) is 18.4. The monoisotopic (exact) mass is 343 g/mol. The van der Waals surface area contributed by atoms with Crippen LogP contribution >= 0.6 is 0 Å². The number of nitrogens with one attached hydrogen (secondary N) is 1. The first-order chi connectivity index (χ1) is 11.9. The maximum Gasteiger partial charge on any atom is 0.254 e. The van der Waals surface area contributed by atoms with Crippen LogP contribution in [-0.4, -0.2) is 35.0 Å². The molecule has 0 radical (unpaired) electrons. The number of benzene rings is 1. The molecule has 0 aliphatic rings. The molecule has 0 aliphatic carbocycles. The fourth-order valence-corrected chi connectivity index (χ4v) is 2.43. The molecular formula is C19H25N3O3. The predicted octanol–water partition coefficient (Wildman–Crippen LogP) is 3.42. The Balaban J connectivity index is 2.10. The van der Waals surface area contributed by atoms with E-state index in [0.717, 1.165) is 12.0 Å². The van der Waals surface area contributed by atoms with Gasteiger partial charge in [0.15, 0.2) is 5.82 Å². The van der Waals surface area contributed by atoms with E-state index in [1.165, 1.54) is 0 Å². The molecule has 1 aromatic carbocycles. The van der Waals surface area contributed by atoms with Gasteiger partial charge in [0.2, 0.25) is 5.91 Å². The number of carbonyl (C=O) groups is 2. The fraction of sp³-hybridized carbons (Fsp3) is 0.421. The summed E-state index contributed by atoms with van der Waals surface area (Å²) in [5.41, 5.74) is 1.52. The molecule has 0 fully saturated rings. The number of aryl methyl sites for hydroxylation is 2. The summed E-state index contributed by atoms with van der Waals surface area (Å²) in [6, 6.07) is 9.05. The Morgan fingerprint density at radius 1 is 1.24 bits per heavy atom. The Morgan fingerprint density at radius 3 is 2.56 bits per heavy atom. The predicted molar refractivity (Wildman–Crippen MR) is 96.4 cm³/mol.